The molecule has 0 radical (unpaired) electrons. The van der Waals surface area contributed by atoms with Crippen LogP contribution in [0.25, 0.3) is 0 Å². The number of rotatable bonds is 30. The monoisotopic (exact) mass is 1890 g/mol. The van der Waals surface area contributed by atoms with Crippen molar-refractivity contribution in [2.75, 3.05) is 40.1 Å². The molecule has 0 aliphatic heterocycles. The average Bonchev–Trinajstić information content (AvgIpc) is 1.55. The zero-order chi connectivity index (χ0) is 94.8. The van der Waals surface area contributed by atoms with E-state index in [9.17, 15) is 46.0 Å². The van der Waals surface area contributed by atoms with E-state index >= 15 is 0 Å². The summed E-state index contributed by atoms with van der Waals surface area (Å²) in [5.41, 5.74) is 24.1. The van der Waals surface area contributed by atoms with E-state index in [1.54, 1.807) is 7.11 Å². The van der Waals surface area contributed by atoms with Crippen LogP contribution >= 0.6 is 0 Å². The molecule has 20 rings (SSSR count). The molecule has 10 aromatic rings. The van der Waals surface area contributed by atoms with Crippen molar-refractivity contribution in [3.8, 4) is 51.7 Å². The van der Waals surface area contributed by atoms with Crippen molar-refractivity contribution in [3.05, 3.63) is 299 Å². The van der Waals surface area contributed by atoms with Gasteiger partial charge in [-0.1, -0.05) is 228 Å². The molecule has 19 unspecified atom stereocenters. The Labute approximate surface area is 835 Å². The molecule has 10 bridgehead atoms. The second-order valence-corrected chi connectivity index (χ2v) is 44.2. The second kappa shape index (κ2) is 46.6. The van der Waals surface area contributed by atoms with Crippen molar-refractivity contribution in [1.29, 1.82) is 0 Å². The summed E-state index contributed by atoms with van der Waals surface area (Å²) in [6.07, 6.45) is 32.0. The highest BCUT2D eigenvalue weighted by Gasteiger charge is 2.58. The van der Waals surface area contributed by atoms with Crippen LogP contribution in [0.1, 0.15) is 349 Å². The summed E-state index contributed by atoms with van der Waals surface area (Å²) < 4.78 is 16.2. The van der Waals surface area contributed by atoms with Gasteiger partial charge >= 0.3 is 0 Å². The normalized spacial score (nSPS) is 26.1. The van der Waals surface area contributed by atoms with Crippen LogP contribution in [0.3, 0.4) is 0 Å². The number of benzene rings is 10. The topological polar surface area (TPSA) is 210 Å². The first kappa shape index (κ1) is 107. The second-order valence-electron chi connectivity index (χ2n) is 44.2. The number of aromatic hydroxyl groups is 9. The maximum atomic E-state index is 10.6. The number of aryl methyl sites for hydroxylation is 10. The SMILES string of the molecule is C.C.C.C.CCCCCCCCCCC1CC2CC1CC2c1ccc(O)c(C)c1.COCCOCCOCC1CC2CC1CC2c1ccc(O)c(C)c1.Cc1cc(C(c2ccc(O)c(C)c2)C2CC3CC2CC3c2ccc(C3CC4CC3CC4C(c3ccc(O)c(C)c3)c3cc(C)c(O)c(C)c3)cc2)ccc1O.Cc1cc([C@H]2CC3CC2CC3(c2ccc(O)c(C)c2)c2ccc(O)c(C)c2)ccc1O. The van der Waals surface area contributed by atoms with Crippen LogP contribution in [0.4, 0.5) is 0 Å². The van der Waals surface area contributed by atoms with Gasteiger partial charge in [0.2, 0.25) is 0 Å². The minimum atomic E-state index is -0.107. The molecule has 139 heavy (non-hydrogen) atoms. The average molecular weight is 1890 g/mol. The van der Waals surface area contributed by atoms with Crippen molar-refractivity contribution in [3.63, 3.8) is 0 Å². The molecule has 20 atom stereocenters. The van der Waals surface area contributed by atoms with Gasteiger partial charge in [-0.25, -0.2) is 0 Å². The molecule has 10 saturated carbocycles. The molecule has 0 heterocycles. The molecule has 12 nitrogen and oxygen atoms in total. The molecule has 10 aliphatic rings. The Morgan fingerprint density at radius 3 is 0.971 bits per heavy atom. The van der Waals surface area contributed by atoms with E-state index in [-0.39, 0.29) is 47.0 Å². The molecule has 9 N–H and O–H groups in total. The maximum absolute atomic E-state index is 10.6. The number of methoxy groups -OCH3 is 1. The summed E-state index contributed by atoms with van der Waals surface area (Å²) in [5.74, 6) is 16.9. The van der Waals surface area contributed by atoms with Gasteiger partial charge in [0.1, 0.15) is 51.7 Å². The third-order valence-corrected chi connectivity index (χ3v) is 36.0. The quantitative estimate of drug-likeness (QED) is 0.0193. The highest BCUT2D eigenvalue weighted by molar-refractivity contribution is 5.54. The number of hydrogen-bond acceptors (Lipinski definition) is 12. The van der Waals surface area contributed by atoms with E-state index in [4.69, 9.17) is 14.2 Å². The standard InChI is InChI=1S/C51H56O4.C28H30O3.C24H38O.C20H30O4.4CH4/c1-27-16-34(10-13-46(27)52)49(35-11-14-47(53)28(2)17-35)44-25-37-21-39(44)23-42(37)32-6-8-33(9-7-32)43-24-40-22-38(43)26-45(40)50(36-12-15-48(54)29(3)18-36)41-19-30(4)51(55)31(5)20-41;1-16-10-19(4-7-25(16)29)24-14-23-13-20(24)15-28(23,21-5-8-26(30)17(2)11-21)22-6-9-27(31)18(3)12-22;1-3-4-5-6-7-8-9-10-11-19-15-22-16-21(19)17-23(22)20-12-13-24(25)18(2)14-20;1-14-9-15(3-4-20(14)21)19-12-16-10-17(19)11-18(16)13-24-8-7-23-6-5-22-2;;;;/h6-20,37-40,42-45,49-50,52-55H,21-26H2,1-5H3;4-12,20,23-24,29-31H,13-15H2,1-3H3;12-14,19,21-23,25H,3-11,15-17H2,1-2H3;3-4,9,16-19,21H,5-8,10-13H2,1-2H3;4*1H4/t;20?,23?,24-;;;;;;/m.1....../s1. The van der Waals surface area contributed by atoms with Gasteiger partial charge in [-0.3, -0.25) is 0 Å². The lowest BCUT2D eigenvalue weighted by molar-refractivity contribution is 0.00912. The summed E-state index contributed by atoms with van der Waals surface area (Å²) in [7, 11) is 1.68. The van der Waals surface area contributed by atoms with Crippen LogP contribution in [0, 0.1) is 152 Å². The molecule has 10 fully saturated rings. The predicted molar refractivity (Wildman–Crippen MR) is 571 cm³/mol. The third-order valence-electron chi connectivity index (χ3n) is 36.0. The number of fused-ring (bicyclic) bond motifs is 10. The fourth-order valence-corrected chi connectivity index (χ4v) is 28.9. The van der Waals surface area contributed by atoms with Crippen LogP contribution in [-0.2, 0) is 19.6 Å². The van der Waals surface area contributed by atoms with Gasteiger partial charge in [0, 0.05) is 31.0 Å². The molecule has 0 spiro atoms. The van der Waals surface area contributed by atoms with Crippen molar-refractivity contribution < 1.29 is 60.2 Å². The fourth-order valence-electron chi connectivity index (χ4n) is 28.9. The van der Waals surface area contributed by atoms with Crippen LogP contribution in [0.2, 0.25) is 0 Å². The Morgan fingerprint density at radius 2 is 0.604 bits per heavy atom. The molecule has 12 heteroatoms. The fraction of sp³-hybridized carbons (Fsp3) is 0.528. The minimum Gasteiger partial charge on any atom is -0.508 e. The summed E-state index contributed by atoms with van der Waals surface area (Å²) >= 11 is 0. The van der Waals surface area contributed by atoms with Crippen LogP contribution in [0.15, 0.2) is 182 Å². The maximum Gasteiger partial charge on any atom is 0.121 e. The van der Waals surface area contributed by atoms with Crippen LogP contribution in [-0.4, -0.2) is 86.1 Å². The number of phenols is 9. The first-order valence-electron chi connectivity index (χ1n) is 52.0. The summed E-state index contributed by atoms with van der Waals surface area (Å²) in [6, 6.07) is 63.3. The van der Waals surface area contributed by atoms with Gasteiger partial charge in [0.05, 0.1) is 26.4 Å². The number of unbranched alkanes of at least 4 members (excludes halogenated alkanes) is 7. The van der Waals surface area contributed by atoms with E-state index in [1.165, 1.54) is 202 Å². The molecule has 750 valence electrons. The first-order chi connectivity index (χ1) is 65.1. The van der Waals surface area contributed by atoms with Crippen molar-refractivity contribution in [1.82, 2.24) is 0 Å². The van der Waals surface area contributed by atoms with E-state index in [0.717, 1.165) is 111 Å². The Morgan fingerprint density at radius 1 is 0.281 bits per heavy atom. The number of ether oxygens (including phenoxy) is 3. The molecule has 0 amide bonds. The number of phenolic OH excluding ortho intramolecular Hbond substituents is 9. The zero-order valence-corrected chi connectivity index (χ0v) is 82.7. The summed E-state index contributed by atoms with van der Waals surface area (Å²) in [6.45, 7) is 25.7. The third kappa shape index (κ3) is 23.0. The lowest BCUT2D eigenvalue weighted by Gasteiger charge is -2.42. The van der Waals surface area contributed by atoms with Gasteiger partial charge in [-0.15, -0.1) is 0 Å². The van der Waals surface area contributed by atoms with Gasteiger partial charge in [0.15, 0.2) is 0 Å². The van der Waals surface area contributed by atoms with Gasteiger partial charge in [0.25, 0.3) is 0 Å². The minimum absolute atomic E-state index is 0. The highest BCUT2D eigenvalue weighted by Crippen LogP contribution is 2.67. The Kier molecular flexibility index (Phi) is 35.7. The molecule has 0 aromatic heterocycles. The van der Waals surface area contributed by atoms with E-state index in [1.807, 2.05) is 118 Å². The summed E-state index contributed by atoms with van der Waals surface area (Å²) in [4.78, 5) is 0. The van der Waals surface area contributed by atoms with E-state index < -0.39 is 0 Å². The van der Waals surface area contributed by atoms with Crippen LogP contribution in [0.5, 0.6) is 51.7 Å². The Hall–Kier alpha value is -9.72. The number of hydrogen-bond donors (Lipinski definition) is 9. The van der Waals surface area contributed by atoms with E-state index in [0.29, 0.717) is 155 Å². The Balaban J connectivity index is 0.000000166. The van der Waals surface area contributed by atoms with Gasteiger partial charge in [-0.05, 0) is 443 Å². The van der Waals surface area contributed by atoms with Crippen molar-refractivity contribution in [2.24, 2.45) is 82.9 Å². The largest absolute Gasteiger partial charge is 0.508 e. The smallest absolute Gasteiger partial charge is 0.121 e. The lowest BCUT2D eigenvalue weighted by Crippen LogP contribution is -2.36. The Bertz CT molecular complexity index is 5620. The molecular weight excluding hydrogens is 1720 g/mol. The van der Waals surface area contributed by atoms with Gasteiger partial charge in [-0.2, -0.15) is 0 Å². The van der Waals surface area contributed by atoms with Crippen molar-refractivity contribution in [2.45, 2.75) is 307 Å². The van der Waals surface area contributed by atoms with Gasteiger partial charge < -0.3 is 60.2 Å². The first-order valence-corrected chi connectivity index (χ1v) is 52.0. The van der Waals surface area contributed by atoms with Crippen molar-refractivity contribution >= 4 is 0 Å². The zero-order valence-electron chi connectivity index (χ0n) is 82.7. The lowest BCUT2D eigenvalue weighted by atomic mass is 9.61. The predicted octanol–water partition coefficient (Wildman–Crippen LogP) is 31.6. The molecule has 0 saturated heterocycles. The molecule has 10 aromatic carbocycles. The summed E-state index contributed by atoms with van der Waals surface area (Å²) in [5, 5.41) is 91.4. The molecular formula is C127H170O12. The van der Waals surface area contributed by atoms with E-state index in [2.05, 4.69) is 140 Å². The van der Waals surface area contributed by atoms with Crippen LogP contribution < -0.4 is 0 Å². The molecule has 10 aliphatic carbocycles. The highest BCUT2D eigenvalue weighted by atomic mass is 16.5.